The van der Waals surface area contributed by atoms with Gasteiger partial charge >= 0.3 is 0 Å². The number of benzene rings is 2. The van der Waals surface area contributed by atoms with E-state index in [2.05, 4.69) is 10.6 Å². The molecule has 0 radical (unpaired) electrons. The fourth-order valence-corrected chi connectivity index (χ4v) is 3.78. The Bertz CT molecular complexity index is 1210. The molecule has 2 amide bonds. The summed E-state index contributed by atoms with van der Waals surface area (Å²) in [6.45, 7) is 1.73. The quantitative estimate of drug-likeness (QED) is 0.549. The molecule has 0 aliphatic heterocycles. The first-order chi connectivity index (χ1) is 14.7. The van der Waals surface area contributed by atoms with E-state index in [1.54, 1.807) is 67.6 Å². The minimum absolute atomic E-state index is 0.0169. The lowest BCUT2D eigenvalue weighted by molar-refractivity contribution is -0.113. The number of nitrogens with one attached hydrogen (secondary N) is 2. The normalized spacial score (nSPS) is 11.7. The number of carbonyl (C=O) groups excluding carboxylic acids is 2. The van der Waals surface area contributed by atoms with Crippen molar-refractivity contribution in [1.82, 2.24) is 5.32 Å². The van der Waals surface area contributed by atoms with Gasteiger partial charge in [-0.2, -0.15) is 0 Å². The molecule has 2 aromatic carbocycles. The van der Waals surface area contributed by atoms with Crippen molar-refractivity contribution in [3.63, 3.8) is 0 Å². The summed E-state index contributed by atoms with van der Waals surface area (Å²) in [4.78, 5) is 25.6. The fourth-order valence-electron chi connectivity index (χ4n) is 2.91. The molecule has 8 heteroatoms. The number of amides is 2. The van der Waals surface area contributed by atoms with Gasteiger partial charge in [-0.05, 0) is 48.4 Å². The molecule has 160 valence electrons. The molecule has 0 aliphatic carbocycles. The fraction of sp³-hybridized carbons (Fsp3) is 0.130. The molecule has 0 spiro atoms. The lowest BCUT2D eigenvalue weighted by atomic mass is 10.1. The Balaban J connectivity index is 1.87. The first-order valence-corrected chi connectivity index (χ1v) is 11.5. The number of hydrogen-bond donors (Lipinski definition) is 2. The Morgan fingerprint density at radius 1 is 1.00 bits per heavy atom. The summed E-state index contributed by atoms with van der Waals surface area (Å²) in [5.41, 5.74) is 2.05. The number of sulfone groups is 1. The summed E-state index contributed by atoms with van der Waals surface area (Å²) >= 11 is 0. The SMILES string of the molecule is Cc1c(CS(C)(=O)=O)cccc1NC(=O)/C(=C/c1ccco1)NC(=O)c1ccccc1. The third-order valence-corrected chi connectivity index (χ3v) is 5.31. The molecule has 2 N–H and O–H groups in total. The van der Waals surface area contributed by atoms with Crippen molar-refractivity contribution in [2.24, 2.45) is 0 Å². The minimum atomic E-state index is -3.24. The van der Waals surface area contributed by atoms with Gasteiger partial charge in [-0.25, -0.2) is 8.42 Å². The third-order valence-electron chi connectivity index (χ3n) is 4.47. The van der Waals surface area contributed by atoms with Crippen LogP contribution in [0.15, 0.2) is 77.0 Å². The van der Waals surface area contributed by atoms with Crippen molar-refractivity contribution in [3.8, 4) is 0 Å². The van der Waals surface area contributed by atoms with Gasteiger partial charge in [0.15, 0.2) is 9.84 Å². The van der Waals surface area contributed by atoms with E-state index in [0.29, 0.717) is 28.1 Å². The van der Waals surface area contributed by atoms with Crippen LogP contribution in [-0.2, 0) is 20.4 Å². The second-order valence-electron chi connectivity index (χ2n) is 7.01. The maximum absolute atomic E-state index is 13.0. The zero-order valence-electron chi connectivity index (χ0n) is 17.1. The summed E-state index contributed by atoms with van der Waals surface area (Å²) in [5, 5.41) is 5.37. The zero-order valence-corrected chi connectivity index (χ0v) is 17.9. The van der Waals surface area contributed by atoms with Crippen molar-refractivity contribution in [1.29, 1.82) is 0 Å². The zero-order chi connectivity index (χ0) is 22.4. The average molecular weight is 439 g/mol. The summed E-state index contributed by atoms with van der Waals surface area (Å²) in [7, 11) is -3.24. The molecule has 0 fully saturated rings. The summed E-state index contributed by atoms with van der Waals surface area (Å²) < 4.78 is 28.6. The van der Waals surface area contributed by atoms with Gasteiger partial charge in [0, 0.05) is 23.6 Å². The Kier molecular flexibility index (Phi) is 6.71. The minimum Gasteiger partial charge on any atom is -0.465 e. The van der Waals surface area contributed by atoms with E-state index >= 15 is 0 Å². The van der Waals surface area contributed by atoms with Crippen LogP contribution >= 0.6 is 0 Å². The standard InChI is InChI=1S/C23H22N2O5S/c1-16-18(15-31(2,28)29)10-6-12-20(16)24-23(27)21(14-19-11-7-13-30-19)25-22(26)17-8-4-3-5-9-17/h3-14H,15H2,1-2H3,(H,24,27)(H,25,26)/b21-14-. The first-order valence-electron chi connectivity index (χ1n) is 9.42. The van der Waals surface area contributed by atoms with Crippen LogP contribution in [0.1, 0.15) is 27.2 Å². The van der Waals surface area contributed by atoms with Gasteiger partial charge in [0.2, 0.25) is 0 Å². The van der Waals surface area contributed by atoms with Crippen molar-refractivity contribution in [2.45, 2.75) is 12.7 Å². The Morgan fingerprint density at radius 2 is 1.74 bits per heavy atom. The smallest absolute Gasteiger partial charge is 0.272 e. The van der Waals surface area contributed by atoms with E-state index in [0.717, 1.165) is 6.26 Å². The van der Waals surface area contributed by atoms with Crippen molar-refractivity contribution < 1.29 is 22.4 Å². The molecule has 1 heterocycles. The molecule has 0 atom stereocenters. The number of hydrogen-bond acceptors (Lipinski definition) is 5. The lowest BCUT2D eigenvalue weighted by Gasteiger charge is -2.14. The highest BCUT2D eigenvalue weighted by atomic mass is 32.2. The number of furan rings is 1. The van der Waals surface area contributed by atoms with Crippen LogP contribution in [0.4, 0.5) is 5.69 Å². The molecule has 0 aliphatic rings. The highest BCUT2D eigenvalue weighted by molar-refractivity contribution is 7.89. The topological polar surface area (TPSA) is 105 Å². The summed E-state index contributed by atoms with van der Waals surface area (Å²) in [6.07, 6.45) is 4.03. The van der Waals surface area contributed by atoms with Gasteiger partial charge in [0.1, 0.15) is 11.5 Å². The number of carbonyl (C=O) groups is 2. The van der Waals surface area contributed by atoms with E-state index in [-0.39, 0.29) is 11.4 Å². The van der Waals surface area contributed by atoms with Gasteiger partial charge in [0.05, 0.1) is 12.0 Å². The largest absolute Gasteiger partial charge is 0.465 e. The van der Waals surface area contributed by atoms with Crippen LogP contribution < -0.4 is 10.6 Å². The average Bonchev–Trinajstić information content (AvgIpc) is 3.23. The first kappa shape index (κ1) is 22.0. The van der Waals surface area contributed by atoms with Gasteiger partial charge in [-0.3, -0.25) is 9.59 Å². The Morgan fingerprint density at radius 3 is 2.39 bits per heavy atom. The van der Waals surface area contributed by atoms with E-state index < -0.39 is 21.7 Å². The Labute approximate surface area is 180 Å². The summed E-state index contributed by atoms with van der Waals surface area (Å²) in [6, 6.07) is 16.9. The Hall–Kier alpha value is -3.65. The third kappa shape index (κ3) is 6.16. The molecule has 3 aromatic rings. The highest BCUT2D eigenvalue weighted by Crippen LogP contribution is 2.21. The summed E-state index contributed by atoms with van der Waals surface area (Å²) in [5.74, 6) is -0.764. The highest BCUT2D eigenvalue weighted by Gasteiger charge is 2.17. The van der Waals surface area contributed by atoms with Crippen LogP contribution in [0.3, 0.4) is 0 Å². The number of rotatable bonds is 7. The van der Waals surface area contributed by atoms with Gasteiger partial charge in [-0.1, -0.05) is 30.3 Å². The van der Waals surface area contributed by atoms with Gasteiger partial charge in [0.25, 0.3) is 11.8 Å². The van der Waals surface area contributed by atoms with Crippen molar-refractivity contribution >= 4 is 33.4 Å². The predicted molar refractivity (Wildman–Crippen MR) is 119 cm³/mol. The van der Waals surface area contributed by atoms with Crippen LogP contribution in [0.25, 0.3) is 6.08 Å². The molecular formula is C23H22N2O5S. The lowest BCUT2D eigenvalue weighted by Crippen LogP contribution is -2.31. The molecular weight excluding hydrogens is 416 g/mol. The maximum atomic E-state index is 13.0. The monoisotopic (exact) mass is 438 g/mol. The van der Waals surface area contributed by atoms with E-state index in [1.807, 2.05) is 0 Å². The second kappa shape index (κ2) is 9.44. The van der Waals surface area contributed by atoms with Crippen LogP contribution in [0, 0.1) is 6.92 Å². The van der Waals surface area contributed by atoms with Crippen LogP contribution in [-0.4, -0.2) is 26.5 Å². The van der Waals surface area contributed by atoms with Crippen molar-refractivity contribution in [3.05, 3.63) is 95.1 Å². The van der Waals surface area contributed by atoms with Gasteiger partial charge < -0.3 is 15.1 Å². The molecule has 1 aromatic heterocycles. The van der Waals surface area contributed by atoms with Crippen LogP contribution in [0.5, 0.6) is 0 Å². The molecule has 3 rings (SSSR count). The maximum Gasteiger partial charge on any atom is 0.272 e. The van der Waals surface area contributed by atoms with E-state index in [1.165, 1.54) is 12.3 Å². The molecule has 31 heavy (non-hydrogen) atoms. The second-order valence-corrected chi connectivity index (χ2v) is 9.15. The molecule has 0 unspecified atom stereocenters. The molecule has 7 nitrogen and oxygen atoms in total. The predicted octanol–water partition coefficient (Wildman–Crippen LogP) is 3.54. The molecule has 0 saturated heterocycles. The van der Waals surface area contributed by atoms with E-state index in [4.69, 9.17) is 4.42 Å². The van der Waals surface area contributed by atoms with Gasteiger partial charge in [-0.15, -0.1) is 0 Å². The molecule has 0 saturated carbocycles. The van der Waals surface area contributed by atoms with E-state index in [9.17, 15) is 18.0 Å². The van der Waals surface area contributed by atoms with Crippen molar-refractivity contribution in [2.75, 3.05) is 11.6 Å². The number of anilines is 1. The molecule has 0 bridgehead atoms. The van der Waals surface area contributed by atoms with Crippen LogP contribution in [0.2, 0.25) is 0 Å².